The summed E-state index contributed by atoms with van der Waals surface area (Å²) in [7, 11) is 0. The molecule has 2 aromatic carbocycles. The summed E-state index contributed by atoms with van der Waals surface area (Å²) in [6, 6.07) is 14.6. The Morgan fingerprint density at radius 2 is 2.05 bits per heavy atom. The second kappa shape index (κ2) is 5.77. The van der Waals surface area contributed by atoms with Gasteiger partial charge in [-0.3, -0.25) is 4.57 Å². The highest BCUT2D eigenvalue weighted by atomic mass is 79.9. The first-order chi connectivity index (χ1) is 9.79. The van der Waals surface area contributed by atoms with Crippen LogP contribution in [0.5, 0.6) is 0 Å². The van der Waals surface area contributed by atoms with E-state index in [4.69, 9.17) is 0 Å². The predicted octanol–water partition coefficient (Wildman–Crippen LogP) is 3.90. The average Bonchev–Trinajstić information content (AvgIpc) is 2.89. The third-order valence-corrected chi connectivity index (χ3v) is 3.94. The van der Waals surface area contributed by atoms with Gasteiger partial charge in [-0.2, -0.15) is 0 Å². The Bertz CT molecular complexity index is 733. The normalized spacial score (nSPS) is 11.1. The van der Waals surface area contributed by atoms with Crippen molar-refractivity contribution in [1.82, 2.24) is 14.9 Å². The second-order valence-electron chi connectivity index (χ2n) is 4.67. The summed E-state index contributed by atoms with van der Waals surface area (Å²) < 4.78 is 3.19. The van der Waals surface area contributed by atoms with Crippen molar-refractivity contribution in [2.75, 3.05) is 6.54 Å². The predicted molar refractivity (Wildman–Crippen MR) is 86.2 cm³/mol. The van der Waals surface area contributed by atoms with E-state index in [0.29, 0.717) is 0 Å². The second-order valence-corrected chi connectivity index (χ2v) is 5.52. The van der Waals surface area contributed by atoms with Crippen LogP contribution >= 0.6 is 15.9 Å². The minimum Gasteiger partial charge on any atom is -0.313 e. The van der Waals surface area contributed by atoms with E-state index in [2.05, 4.69) is 62.0 Å². The number of rotatable bonds is 4. The number of hydrogen-bond acceptors (Lipinski definition) is 2. The average molecular weight is 330 g/mol. The molecule has 0 amide bonds. The molecule has 0 unspecified atom stereocenters. The standard InChI is InChI=1S/C16H16BrN3/c1-2-18-10-12-7-8-15(13(17)9-12)20-11-19-14-5-3-4-6-16(14)20/h3-9,11,18H,2,10H2,1H3. The molecule has 3 aromatic rings. The van der Waals surface area contributed by atoms with Gasteiger partial charge in [0, 0.05) is 11.0 Å². The third-order valence-electron chi connectivity index (χ3n) is 3.30. The molecule has 102 valence electrons. The highest BCUT2D eigenvalue weighted by Gasteiger charge is 2.07. The largest absolute Gasteiger partial charge is 0.313 e. The fourth-order valence-corrected chi connectivity index (χ4v) is 2.89. The van der Waals surface area contributed by atoms with Crippen LogP contribution in [-0.2, 0) is 6.54 Å². The molecule has 1 N–H and O–H groups in total. The molecular formula is C16H16BrN3. The molecule has 0 aliphatic rings. The molecule has 0 saturated heterocycles. The summed E-state index contributed by atoms with van der Waals surface area (Å²) in [5.41, 5.74) is 4.51. The molecule has 1 aromatic heterocycles. The van der Waals surface area contributed by atoms with E-state index in [-0.39, 0.29) is 0 Å². The molecular weight excluding hydrogens is 314 g/mol. The van der Waals surface area contributed by atoms with E-state index in [0.717, 1.165) is 34.3 Å². The number of nitrogens with zero attached hydrogens (tertiary/aromatic N) is 2. The van der Waals surface area contributed by atoms with Crippen LogP contribution in [0.1, 0.15) is 12.5 Å². The number of imidazole rings is 1. The maximum Gasteiger partial charge on any atom is 0.100 e. The van der Waals surface area contributed by atoms with Crippen molar-refractivity contribution in [3.05, 3.63) is 58.8 Å². The van der Waals surface area contributed by atoms with E-state index in [1.165, 1.54) is 5.56 Å². The monoisotopic (exact) mass is 329 g/mol. The Hall–Kier alpha value is -1.65. The molecule has 0 aliphatic heterocycles. The summed E-state index contributed by atoms with van der Waals surface area (Å²) in [6.45, 7) is 3.98. The molecule has 1 heterocycles. The van der Waals surface area contributed by atoms with Gasteiger partial charge in [-0.15, -0.1) is 0 Å². The number of para-hydroxylation sites is 2. The van der Waals surface area contributed by atoms with Crippen LogP contribution in [0.4, 0.5) is 0 Å². The van der Waals surface area contributed by atoms with Crippen LogP contribution in [0.2, 0.25) is 0 Å². The zero-order chi connectivity index (χ0) is 13.9. The van der Waals surface area contributed by atoms with Crippen LogP contribution in [0, 0.1) is 0 Å². The lowest BCUT2D eigenvalue weighted by Gasteiger charge is -2.09. The number of halogens is 1. The molecule has 3 rings (SSSR count). The van der Waals surface area contributed by atoms with Crippen LogP contribution in [0.15, 0.2) is 53.3 Å². The van der Waals surface area contributed by atoms with E-state index in [1.807, 2.05) is 24.5 Å². The summed E-state index contributed by atoms with van der Waals surface area (Å²) in [4.78, 5) is 4.44. The van der Waals surface area contributed by atoms with Gasteiger partial charge >= 0.3 is 0 Å². The summed E-state index contributed by atoms with van der Waals surface area (Å²) in [5, 5.41) is 3.34. The molecule has 3 nitrogen and oxygen atoms in total. The molecule has 0 radical (unpaired) electrons. The zero-order valence-corrected chi connectivity index (χ0v) is 12.9. The van der Waals surface area contributed by atoms with Gasteiger partial charge in [0.05, 0.1) is 16.7 Å². The Labute approximate surface area is 126 Å². The van der Waals surface area contributed by atoms with Crippen molar-refractivity contribution in [1.29, 1.82) is 0 Å². The van der Waals surface area contributed by atoms with Crippen molar-refractivity contribution in [2.45, 2.75) is 13.5 Å². The molecule has 0 fully saturated rings. The topological polar surface area (TPSA) is 29.9 Å². The lowest BCUT2D eigenvalue weighted by Crippen LogP contribution is -2.11. The first kappa shape index (κ1) is 13.3. The quantitative estimate of drug-likeness (QED) is 0.786. The van der Waals surface area contributed by atoms with Crippen LogP contribution < -0.4 is 5.32 Å². The Morgan fingerprint density at radius 1 is 1.20 bits per heavy atom. The molecule has 4 heteroatoms. The van der Waals surface area contributed by atoms with Crippen LogP contribution in [-0.4, -0.2) is 16.1 Å². The Balaban J connectivity index is 2.02. The molecule has 0 saturated carbocycles. The van der Waals surface area contributed by atoms with E-state index >= 15 is 0 Å². The summed E-state index contributed by atoms with van der Waals surface area (Å²) in [6.07, 6.45) is 1.87. The van der Waals surface area contributed by atoms with Crippen LogP contribution in [0.25, 0.3) is 16.7 Å². The number of benzene rings is 2. The van der Waals surface area contributed by atoms with Gasteiger partial charge < -0.3 is 5.32 Å². The van der Waals surface area contributed by atoms with Gasteiger partial charge in [0.1, 0.15) is 6.33 Å². The van der Waals surface area contributed by atoms with E-state index < -0.39 is 0 Å². The van der Waals surface area contributed by atoms with Gasteiger partial charge in [0.25, 0.3) is 0 Å². The summed E-state index contributed by atoms with van der Waals surface area (Å²) >= 11 is 3.67. The Kier molecular flexibility index (Phi) is 3.85. The zero-order valence-electron chi connectivity index (χ0n) is 11.3. The van der Waals surface area contributed by atoms with E-state index in [9.17, 15) is 0 Å². The lowest BCUT2D eigenvalue weighted by molar-refractivity contribution is 0.726. The molecule has 0 atom stereocenters. The smallest absolute Gasteiger partial charge is 0.100 e. The van der Waals surface area contributed by atoms with Crippen molar-refractivity contribution in [3.63, 3.8) is 0 Å². The van der Waals surface area contributed by atoms with Gasteiger partial charge in [0.15, 0.2) is 0 Å². The van der Waals surface area contributed by atoms with Crippen molar-refractivity contribution in [2.24, 2.45) is 0 Å². The SMILES string of the molecule is CCNCc1ccc(-n2cnc3ccccc32)c(Br)c1. The van der Waals surface area contributed by atoms with Crippen LogP contribution in [0.3, 0.4) is 0 Å². The minimum absolute atomic E-state index is 0.889. The summed E-state index contributed by atoms with van der Waals surface area (Å²) in [5.74, 6) is 0. The number of hydrogen-bond donors (Lipinski definition) is 1. The highest BCUT2D eigenvalue weighted by Crippen LogP contribution is 2.26. The number of fused-ring (bicyclic) bond motifs is 1. The fraction of sp³-hybridized carbons (Fsp3) is 0.188. The highest BCUT2D eigenvalue weighted by molar-refractivity contribution is 9.10. The molecule has 20 heavy (non-hydrogen) atoms. The van der Waals surface area contributed by atoms with Crippen molar-refractivity contribution < 1.29 is 0 Å². The molecule has 0 spiro atoms. The molecule has 0 bridgehead atoms. The first-order valence-electron chi connectivity index (χ1n) is 6.71. The lowest BCUT2D eigenvalue weighted by atomic mass is 10.2. The van der Waals surface area contributed by atoms with Gasteiger partial charge in [-0.25, -0.2) is 4.98 Å². The maximum atomic E-state index is 4.44. The van der Waals surface area contributed by atoms with Gasteiger partial charge in [0.2, 0.25) is 0 Å². The fourth-order valence-electron chi connectivity index (χ4n) is 2.28. The third kappa shape index (κ3) is 2.49. The van der Waals surface area contributed by atoms with Gasteiger partial charge in [-0.05, 0) is 52.3 Å². The van der Waals surface area contributed by atoms with Gasteiger partial charge in [-0.1, -0.05) is 25.1 Å². The minimum atomic E-state index is 0.889. The number of nitrogens with one attached hydrogen (secondary N) is 1. The maximum absolute atomic E-state index is 4.44. The first-order valence-corrected chi connectivity index (χ1v) is 7.50. The van der Waals surface area contributed by atoms with Crippen molar-refractivity contribution in [3.8, 4) is 5.69 Å². The molecule has 0 aliphatic carbocycles. The number of aromatic nitrogens is 2. The van der Waals surface area contributed by atoms with Crippen molar-refractivity contribution >= 4 is 27.0 Å². The van der Waals surface area contributed by atoms with E-state index in [1.54, 1.807) is 0 Å². The Morgan fingerprint density at radius 3 is 2.85 bits per heavy atom.